The van der Waals surface area contributed by atoms with E-state index in [-0.39, 0.29) is 5.91 Å². The fourth-order valence-electron chi connectivity index (χ4n) is 2.18. The summed E-state index contributed by atoms with van der Waals surface area (Å²) < 4.78 is 10.7. The second-order valence-corrected chi connectivity index (χ2v) is 5.70. The third-order valence-electron chi connectivity index (χ3n) is 3.64. The Balaban J connectivity index is 1.44. The van der Waals surface area contributed by atoms with Crippen molar-refractivity contribution >= 4 is 5.91 Å². The van der Waals surface area contributed by atoms with Gasteiger partial charge in [0.15, 0.2) is 5.82 Å². The van der Waals surface area contributed by atoms with Crippen LogP contribution in [-0.4, -0.2) is 29.2 Å². The Morgan fingerprint density at radius 3 is 2.83 bits per heavy atom. The predicted octanol–water partition coefficient (Wildman–Crippen LogP) is 2.71. The quantitative estimate of drug-likeness (QED) is 0.810. The molecule has 0 atom stereocenters. The van der Waals surface area contributed by atoms with E-state index in [1.807, 2.05) is 12.1 Å². The van der Waals surface area contributed by atoms with Crippen LogP contribution in [0.15, 0.2) is 28.8 Å². The Kier molecular flexibility index (Phi) is 4.90. The second-order valence-electron chi connectivity index (χ2n) is 5.70. The lowest BCUT2D eigenvalue weighted by Gasteiger charge is -2.06. The molecule has 1 amide bonds. The van der Waals surface area contributed by atoms with E-state index in [9.17, 15) is 4.79 Å². The van der Waals surface area contributed by atoms with Crippen LogP contribution < -0.4 is 10.1 Å². The number of carbonyl (C=O) groups is 1. The van der Waals surface area contributed by atoms with Gasteiger partial charge in [0, 0.05) is 24.4 Å². The zero-order valence-corrected chi connectivity index (χ0v) is 13.2. The van der Waals surface area contributed by atoms with Gasteiger partial charge in [-0.05, 0) is 43.5 Å². The molecule has 0 aliphatic heterocycles. The number of carbonyl (C=O) groups excluding carboxylic acids is 1. The third kappa shape index (κ3) is 4.31. The summed E-state index contributed by atoms with van der Waals surface area (Å²) in [5, 5.41) is 6.81. The molecule has 1 N–H and O–H groups in total. The fourth-order valence-corrected chi connectivity index (χ4v) is 2.18. The molecule has 0 saturated heterocycles. The Hall–Kier alpha value is -2.37. The summed E-state index contributed by atoms with van der Waals surface area (Å²) in [6.07, 6.45) is 3.80. The average molecular weight is 315 g/mol. The van der Waals surface area contributed by atoms with Crippen LogP contribution in [0.25, 0.3) is 0 Å². The van der Waals surface area contributed by atoms with Gasteiger partial charge in [-0.3, -0.25) is 4.79 Å². The molecule has 6 heteroatoms. The highest BCUT2D eigenvalue weighted by molar-refractivity contribution is 5.94. The first kappa shape index (κ1) is 15.5. The molecule has 0 radical (unpaired) electrons. The molecule has 23 heavy (non-hydrogen) atoms. The topological polar surface area (TPSA) is 77.2 Å². The van der Waals surface area contributed by atoms with Gasteiger partial charge in [-0.15, -0.1) is 0 Å². The molecule has 2 aromatic rings. The summed E-state index contributed by atoms with van der Waals surface area (Å²) in [5.41, 5.74) is 0.609. The van der Waals surface area contributed by atoms with Gasteiger partial charge in [-0.1, -0.05) is 12.1 Å². The smallest absolute Gasteiger partial charge is 0.251 e. The SMILES string of the molecule is CCCOc1ccc(C(=O)NCCc2nc(C3CC3)no2)cc1. The largest absolute Gasteiger partial charge is 0.494 e. The van der Waals surface area contributed by atoms with Gasteiger partial charge in [0.2, 0.25) is 5.89 Å². The second kappa shape index (κ2) is 7.26. The summed E-state index contributed by atoms with van der Waals surface area (Å²) in [4.78, 5) is 16.4. The van der Waals surface area contributed by atoms with Crippen molar-refractivity contribution in [2.24, 2.45) is 0 Å². The van der Waals surface area contributed by atoms with Crippen LogP contribution in [0.1, 0.15) is 54.2 Å². The summed E-state index contributed by atoms with van der Waals surface area (Å²) >= 11 is 0. The van der Waals surface area contributed by atoms with Crippen LogP contribution in [0.2, 0.25) is 0 Å². The van der Waals surface area contributed by atoms with Gasteiger partial charge in [-0.2, -0.15) is 4.98 Å². The Bertz CT molecular complexity index is 647. The molecule has 1 fully saturated rings. The van der Waals surface area contributed by atoms with Crippen molar-refractivity contribution < 1.29 is 14.1 Å². The highest BCUT2D eigenvalue weighted by atomic mass is 16.5. The monoisotopic (exact) mass is 315 g/mol. The van der Waals surface area contributed by atoms with E-state index in [1.54, 1.807) is 12.1 Å². The molecule has 1 aromatic heterocycles. The summed E-state index contributed by atoms with van der Waals surface area (Å²) in [6.45, 7) is 3.20. The van der Waals surface area contributed by atoms with E-state index in [0.29, 0.717) is 36.9 Å². The summed E-state index contributed by atoms with van der Waals surface area (Å²) in [5.74, 6) is 2.52. The number of nitrogens with zero attached hydrogens (tertiary/aromatic N) is 2. The van der Waals surface area contributed by atoms with Crippen molar-refractivity contribution in [1.82, 2.24) is 15.5 Å². The maximum atomic E-state index is 12.1. The van der Waals surface area contributed by atoms with Gasteiger partial charge < -0.3 is 14.6 Å². The molecule has 0 bridgehead atoms. The first-order valence-electron chi connectivity index (χ1n) is 8.10. The zero-order chi connectivity index (χ0) is 16.1. The van der Waals surface area contributed by atoms with Crippen molar-refractivity contribution in [3.05, 3.63) is 41.5 Å². The normalized spacial score (nSPS) is 13.8. The van der Waals surface area contributed by atoms with Gasteiger partial charge in [0.1, 0.15) is 5.75 Å². The van der Waals surface area contributed by atoms with E-state index >= 15 is 0 Å². The summed E-state index contributed by atoms with van der Waals surface area (Å²) in [6, 6.07) is 7.14. The fraction of sp³-hybridized carbons (Fsp3) is 0.471. The minimum absolute atomic E-state index is 0.117. The molecule has 1 aliphatic rings. The third-order valence-corrected chi connectivity index (χ3v) is 3.64. The van der Waals surface area contributed by atoms with Crippen LogP contribution in [-0.2, 0) is 6.42 Å². The zero-order valence-electron chi connectivity index (χ0n) is 13.2. The number of hydrogen-bond acceptors (Lipinski definition) is 5. The van der Waals surface area contributed by atoms with Crippen LogP contribution in [0.4, 0.5) is 0 Å². The van der Waals surface area contributed by atoms with Gasteiger partial charge in [0.05, 0.1) is 6.61 Å². The number of hydrogen-bond donors (Lipinski definition) is 1. The number of rotatable bonds is 8. The van der Waals surface area contributed by atoms with Crippen LogP contribution in [0, 0.1) is 0 Å². The van der Waals surface area contributed by atoms with Crippen LogP contribution in [0.5, 0.6) is 5.75 Å². The van der Waals surface area contributed by atoms with Crippen molar-refractivity contribution in [1.29, 1.82) is 0 Å². The average Bonchev–Trinajstić information content (AvgIpc) is 3.32. The Morgan fingerprint density at radius 2 is 2.13 bits per heavy atom. The molecule has 122 valence electrons. The highest BCUT2D eigenvalue weighted by Crippen LogP contribution is 2.38. The minimum atomic E-state index is -0.117. The molecule has 1 saturated carbocycles. The highest BCUT2D eigenvalue weighted by Gasteiger charge is 2.28. The van der Waals surface area contributed by atoms with Gasteiger partial charge in [0.25, 0.3) is 5.91 Å². The number of aromatic nitrogens is 2. The van der Waals surface area contributed by atoms with Gasteiger partial charge >= 0.3 is 0 Å². The van der Waals surface area contributed by atoms with E-state index < -0.39 is 0 Å². The lowest BCUT2D eigenvalue weighted by Crippen LogP contribution is -2.25. The molecule has 6 nitrogen and oxygen atoms in total. The van der Waals surface area contributed by atoms with Crippen molar-refractivity contribution in [2.75, 3.05) is 13.2 Å². The van der Waals surface area contributed by atoms with E-state index in [0.717, 1.165) is 30.8 Å². The van der Waals surface area contributed by atoms with E-state index in [1.165, 1.54) is 0 Å². The molecule has 0 spiro atoms. The van der Waals surface area contributed by atoms with Crippen molar-refractivity contribution in [3.8, 4) is 5.75 Å². The first-order chi connectivity index (χ1) is 11.3. The van der Waals surface area contributed by atoms with Gasteiger partial charge in [-0.25, -0.2) is 0 Å². The molecular weight excluding hydrogens is 294 g/mol. The Morgan fingerprint density at radius 1 is 1.35 bits per heavy atom. The van der Waals surface area contributed by atoms with Crippen molar-refractivity contribution in [3.63, 3.8) is 0 Å². The van der Waals surface area contributed by atoms with Crippen molar-refractivity contribution in [2.45, 2.75) is 38.5 Å². The number of ether oxygens (including phenoxy) is 1. The molecule has 3 rings (SSSR count). The number of benzene rings is 1. The molecular formula is C17H21N3O3. The Labute approximate surface area is 135 Å². The number of nitrogens with one attached hydrogen (secondary N) is 1. The standard InChI is InChI=1S/C17H21N3O3/c1-2-11-22-14-7-5-13(6-8-14)17(21)18-10-9-15-19-16(20-23-15)12-3-4-12/h5-8,12H,2-4,9-11H2,1H3,(H,18,21). The predicted molar refractivity (Wildman–Crippen MR) is 84.5 cm³/mol. The molecule has 1 aliphatic carbocycles. The first-order valence-corrected chi connectivity index (χ1v) is 8.10. The lowest BCUT2D eigenvalue weighted by molar-refractivity contribution is 0.0953. The molecule has 0 unspecified atom stereocenters. The summed E-state index contributed by atoms with van der Waals surface area (Å²) in [7, 11) is 0. The number of amides is 1. The maximum Gasteiger partial charge on any atom is 0.251 e. The minimum Gasteiger partial charge on any atom is -0.494 e. The van der Waals surface area contributed by atoms with E-state index in [4.69, 9.17) is 9.26 Å². The lowest BCUT2D eigenvalue weighted by atomic mass is 10.2. The maximum absolute atomic E-state index is 12.1. The molecule has 1 aromatic carbocycles. The van der Waals surface area contributed by atoms with E-state index in [2.05, 4.69) is 22.4 Å². The molecule has 1 heterocycles. The van der Waals surface area contributed by atoms with Crippen LogP contribution in [0.3, 0.4) is 0 Å². The van der Waals surface area contributed by atoms with Crippen LogP contribution >= 0.6 is 0 Å².